The molecule has 2 N–H and O–H groups in total. The Balaban J connectivity index is 2.08. The van der Waals surface area contributed by atoms with E-state index < -0.39 is 0 Å². The summed E-state index contributed by atoms with van der Waals surface area (Å²) >= 11 is 1.26. The Bertz CT molecular complexity index is 688. The van der Waals surface area contributed by atoms with Gasteiger partial charge in [-0.05, 0) is 12.1 Å². The molecule has 0 aliphatic heterocycles. The van der Waals surface area contributed by atoms with Crippen molar-refractivity contribution in [1.29, 1.82) is 0 Å². The summed E-state index contributed by atoms with van der Waals surface area (Å²) < 4.78 is 5.04. The summed E-state index contributed by atoms with van der Waals surface area (Å²) in [5, 5.41) is 11.8. The molecule has 0 bridgehead atoms. The quantitative estimate of drug-likeness (QED) is 0.837. The number of carbonyl (C=O) groups is 1. The van der Waals surface area contributed by atoms with Crippen molar-refractivity contribution in [2.24, 2.45) is 0 Å². The van der Waals surface area contributed by atoms with Crippen molar-refractivity contribution in [1.82, 2.24) is 9.97 Å². The molecule has 6 nitrogen and oxygen atoms in total. The van der Waals surface area contributed by atoms with Crippen LogP contribution in [0.5, 0.6) is 5.88 Å². The van der Waals surface area contributed by atoms with Gasteiger partial charge in [-0.2, -0.15) is 0 Å². The van der Waals surface area contributed by atoms with Gasteiger partial charge >= 0.3 is 0 Å². The fraction of sp³-hybridized carbons (Fsp3) is 0.214. The first kappa shape index (κ1) is 15.0. The van der Waals surface area contributed by atoms with Crippen molar-refractivity contribution in [3.8, 4) is 17.7 Å². The van der Waals surface area contributed by atoms with Crippen LogP contribution in [0, 0.1) is 11.8 Å². The van der Waals surface area contributed by atoms with Crippen molar-refractivity contribution in [2.75, 3.05) is 19.0 Å². The second-order valence-corrected chi connectivity index (χ2v) is 4.85. The normalized spacial score (nSPS) is 9.62. The first-order valence-electron chi connectivity index (χ1n) is 6.10. The highest BCUT2D eigenvalue weighted by molar-refractivity contribution is 7.16. The average Bonchev–Trinajstić information content (AvgIpc) is 2.95. The van der Waals surface area contributed by atoms with Gasteiger partial charge < -0.3 is 9.84 Å². The summed E-state index contributed by atoms with van der Waals surface area (Å²) in [6, 6.07) is 3.28. The van der Waals surface area contributed by atoms with Crippen molar-refractivity contribution in [3.05, 3.63) is 35.0 Å². The standard InChI is InChI=1S/C14H13N3O3S/c1-20-13-11(6-4-7-15-13)12(19)17-14-16-9-10(21-14)5-2-3-8-18/h4,6-7,9,18H,3,8H2,1H3,(H,16,17,19). The van der Waals surface area contributed by atoms with E-state index in [1.807, 2.05) is 0 Å². The van der Waals surface area contributed by atoms with Crippen molar-refractivity contribution in [3.63, 3.8) is 0 Å². The maximum Gasteiger partial charge on any atom is 0.262 e. The Hall–Kier alpha value is -2.43. The number of rotatable bonds is 4. The minimum Gasteiger partial charge on any atom is -0.480 e. The third-order valence-corrected chi connectivity index (χ3v) is 3.21. The summed E-state index contributed by atoms with van der Waals surface area (Å²) in [5.41, 5.74) is 0.336. The fourth-order valence-electron chi connectivity index (χ4n) is 1.49. The van der Waals surface area contributed by atoms with E-state index in [9.17, 15) is 4.79 Å². The van der Waals surface area contributed by atoms with Gasteiger partial charge in [-0.3, -0.25) is 10.1 Å². The Labute approximate surface area is 125 Å². The van der Waals surface area contributed by atoms with Gasteiger partial charge in [0.05, 0.1) is 24.8 Å². The molecule has 0 saturated heterocycles. The molecule has 2 rings (SSSR count). The lowest BCUT2D eigenvalue weighted by atomic mass is 10.2. The molecule has 0 spiro atoms. The van der Waals surface area contributed by atoms with Gasteiger partial charge in [-0.25, -0.2) is 9.97 Å². The lowest BCUT2D eigenvalue weighted by Gasteiger charge is -2.05. The Morgan fingerprint density at radius 1 is 1.52 bits per heavy atom. The summed E-state index contributed by atoms with van der Waals surface area (Å²) in [5.74, 6) is 5.57. The molecule has 0 atom stereocenters. The molecule has 0 fully saturated rings. The smallest absolute Gasteiger partial charge is 0.262 e. The van der Waals surface area contributed by atoms with Crippen LogP contribution in [0.2, 0.25) is 0 Å². The molecule has 2 aromatic heterocycles. The molecule has 0 aliphatic rings. The lowest BCUT2D eigenvalue weighted by molar-refractivity contribution is 0.102. The van der Waals surface area contributed by atoms with Crippen LogP contribution < -0.4 is 10.1 Å². The van der Waals surface area contributed by atoms with Gasteiger partial charge in [0.1, 0.15) is 5.56 Å². The number of hydrogen-bond donors (Lipinski definition) is 2. The monoisotopic (exact) mass is 303 g/mol. The van der Waals surface area contributed by atoms with Crippen LogP contribution in [0.25, 0.3) is 0 Å². The number of pyridine rings is 1. The van der Waals surface area contributed by atoms with Crippen molar-refractivity contribution in [2.45, 2.75) is 6.42 Å². The van der Waals surface area contributed by atoms with Crippen LogP contribution in [0.4, 0.5) is 5.13 Å². The minimum atomic E-state index is -0.343. The van der Waals surface area contributed by atoms with Crippen molar-refractivity contribution < 1.29 is 14.6 Å². The number of aromatic nitrogens is 2. The van der Waals surface area contributed by atoms with Gasteiger partial charge in [-0.15, -0.1) is 0 Å². The maximum absolute atomic E-state index is 12.1. The highest BCUT2D eigenvalue weighted by atomic mass is 32.1. The molecule has 108 valence electrons. The SMILES string of the molecule is COc1ncccc1C(=O)Nc1ncc(C#CCCO)s1. The first-order chi connectivity index (χ1) is 10.2. The lowest BCUT2D eigenvalue weighted by Crippen LogP contribution is -2.13. The molecular formula is C14H13N3O3S. The second kappa shape index (κ2) is 7.38. The summed E-state index contributed by atoms with van der Waals surface area (Å²) in [7, 11) is 1.46. The summed E-state index contributed by atoms with van der Waals surface area (Å²) in [6.45, 7) is 0.0240. The highest BCUT2D eigenvalue weighted by Gasteiger charge is 2.14. The zero-order valence-corrected chi connectivity index (χ0v) is 12.1. The van der Waals surface area contributed by atoms with Gasteiger partial charge in [0.15, 0.2) is 5.13 Å². The topological polar surface area (TPSA) is 84.3 Å². The number of nitrogens with one attached hydrogen (secondary N) is 1. The van der Waals surface area contributed by atoms with E-state index in [0.29, 0.717) is 17.1 Å². The predicted octanol–water partition coefficient (Wildman–Crippen LogP) is 1.53. The van der Waals surface area contributed by atoms with Gasteiger partial charge in [0.25, 0.3) is 5.91 Å². The van der Waals surface area contributed by atoms with Crippen molar-refractivity contribution >= 4 is 22.4 Å². The van der Waals surface area contributed by atoms with E-state index in [1.54, 1.807) is 24.5 Å². The molecule has 0 unspecified atom stereocenters. The van der Waals surface area contributed by atoms with E-state index >= 15 is 0 Å². The third-order valence-electron chi connectivity index (χ3n) is 2.38. The molecule has 0 aliphatic carbocycles. The second-order valence-electron chi connectivity index (χ2n) is 3.82. The number of nitrogens with zero attached hydrogens (tertiary/aromatic N) is 2. The van der Waals surface area contributed by atoms with Gasteiger partial charge in [-0.1, -0.05) is 23.2 Å². The Morgan fingerprint density at radius 3 is 3.14 bits per heavy atom. The first-order valence-corrected chi connectivity index (χ1v) is 6.92. The zero-order valence-electron chi connectivity index (χ0n) is 11.3. The largest absolute Gasteiger partial charge is 0.480 e. The van der Waals surface area contributed by atoms with E-state index in [-0.39, 0.29) is 18.4 Å². The molecule has 21 heavy (non-hydrogen) atoms. The highest BCUT2D eigenvalue weighted by Crippen LogP contribution is 2.20. The molecule has 0 saturated carbocycles. The Kier molecular flexibility index (Phi) is 5.26. The summed E-state index contributed by atoms with van der Waals surface area (Å²) in [6.07, 6.45) is 3.53. The molecular weight excluding hydrogens is 290 g/mol. The molecule has 0 aromatic carbocycles. The number of hydrogen-bond acceptors (Lipinski definition) is 6. The number of anilines is 1. The molecule has 2 aromatic rings. The number of aliphatic hydroxyl groups excluding tert-OH is 1. The number of ether oxygens (including phenoxy) is 1. The van der Waals surface area contributed by atoms with E-state index in [2.05, 4.69) is 27.1 Å². The number of aliphatic hydroxyl groups is 1. The molecule has 7 heteroatoms. The van der Waals surface area contributed by atoms with Gasteiger partial charge in [0.2, 0.25) is 5.88 Å². The maximum atomic E-state index is 12.1. The minimum absolute atomic E-state index is 0.0240. The number of thiazole rings is 1. The third kappa shape index (κ3) is 4.02. The number of amides is 1. The van der Waals surface area contributed by atoms with Crippen LogP contribution in [-0.4, -0.2) is 34.7 Å². The molecule has 2 heterocycles. The van der Waals surface area contributed by atoms with Crippen LogP contribution in [-0.2, 0) is 0 Å². The van der Waals surface area contributed by atoms with E-state index in [1.165, 1.54) is 18.4 Å². The van der Waals surface area contributed by atoms with Crippen LogP contribution in [0.15, 0.2) is 24.5 Å². The Morgan fingerprint density at radius 2 is 2.38 bits per heavy atom. The van der Waals surface area contributed by atoms with E-state index in [4.69, 9.17) is 9.84 Å². The van der Waals surface area contributed by atoms with Crippen LogP contribution >= 0.6 is 11.3 Å². The average molecular weight is 303 g/mol. The molecule has 1 amide bonds. The zero-order chi connectivity index (χ0) is 15.1. The van der Waals surface area contributed by atoms with Crippen LogP contribution in [0.1, 0.15) is 21.7 Å². The van der Waals surface area contributed by atoms with Gasteiger partial charge in [0, 0.05) is 12.6 Å². The predicted molar refractivity (Wildman–Crippen MR) is 79.4 cm³/mol. The summed E-state index contributed by atoms with van der Waals surface area (Å²) in [4.78, 5) is 20.9. The number of methoxy groups -OCH3 is 1. The van der Waals surface area contributed by atoms with Crippen LogP contribution in [0.3, 0.4) is 0 Å². The molecule has 0 radical (unpaired) electrons. The number of carbonyl (C=O) groups excluding carboxylic acids is 1. The fourth-order valence-corrected chi connectivity index (χ4v) is 2.17. The van der Waals surface area contributed by atoms with E-state index in [0.717, 1.165) is 4.88 Å².